The lowest BCUT2D eigenvalue weighted by molar-refractivity contribution is -0.124. The zero-order chi connectivity index (χ0) is 16.9. The van der Waals surface area contributed by atoms with Gasteiger partial charge in [0.05, 0.1) is 0 Å². The standard InChI is InChI=1S/C18H17N3O2S/c1-21-12-11-19-18(21)24-15-9-7-14(8-10-15)20-17(23)16(22)13-5-3-2-4-6-13/h2-12,16,22H,1H3,(H,20,23). The van der Waals surface area contributed by atoms with Gasteiger partial charge in [0.2, 0.25) is 0 Å². The van der Waals surface area contributed by atoms with Gasteiger partial charge in [0.25, 0.3) is 5.91 Å². The largest absolute Gasteiger partial charge is 0.378 e. The Labute approximate surface area is 144 Å². The lowest BCUT2D eigenvalue weighted by Crippen LogP contribution is -2.20. The van der Waals surface area contributed by atoms with Crippen LogP contribution in [0, 0.1) is 0 Å². The highest BCUT2D eigenvalue weighted by Gasteiger charge is 2.17. The van der Waals surface area contributed by atoms with Gasteiger partial charge in [-0.15, -0.1) is 0 Å². The van der Waals surface area contributed by atoms with E-state index in [0.717, 1.165) is 10.1 Å². The minimum Gasteiger partial charge on any atom is -0.378 e. The third-order valence-corrected chi connectivity index (χ3v) is 4.56. The number of rotatable bonds is 5. The summed E-state index contributed by atoms with van der Waals surface area (Å²) < 4.78 is 1.94. The predicted molar refractivity (Wildman–Crippen MR) is 93.8 cm³/mol. The minimum absolute atomic E-state index is 0.453. The molecule has 6 heteroatoms. The number of hydrogen-bond donors (Lipinski definition) is 2. The lowest BCUT2D eigenvalue weighted by atomic mass is 10.1. The average molecular weight is 339 g/mol. The second-order valence-corrected chi connectivity index (χ2v) is 6.29. The van der Waals surface area contributed by atoms with E-state index < -0.39 is 12.0 Å². The second-order valence-electron chi connectivity index (χ2n) is 5.25. The Kier molecular flexibility index (Phi) is 4.98. The monoisotopic (exact) mass is 339 g/mol. The van der Waals surface area contributed by atoms with Crippen molar-refractivity contribution in [2.45, 2.75) is 16.2 Å². The summed E-state index contributed by atoms with van der Waals surface area (Å²) >= 11 is 1.54. The van der Waals surface area contributed by atoms with Gasteiger partial charge in [0.15, 0.2) is 11.3 Å². The van der Waals surface area contributed by atoms with Gasteiger partial charge in [-0.05, 0) is 29.8 Å². The van der Waals surface area contributed by atoms with Crippen molar-refractivity contribution in [2.75, 3.05) is 5.32 Å². The van der Waals surface area contributed by atoms with Crippen LogP contribution in [0.25, 0.3) is 0 Å². The third-order valence-electron chi connectivity index (χ3n) is 3.47. The topological polar surface area (TPSA) is 67.2 Å². The van der Waals surface area contributed by atoms with E-state index in [1.165, 1.54) is 0 Å². The molecule has 0 saturated heterocycles. The van der Waals surface area contributed by atoms with Crippen LogP contribution in [0.2, 0.25) is 0 Å². The third kappa shape index (κ3) is 3.84. The number of aromatic nitrogens is 2. The van der Waals surface area contributed by atoms with Crippen LogP contribution in [-0.2, 0) is 11.8 Å². The van der Waals surface area contributed by atoms with E-state index in [9.17, 15) is 9.90 Å². The number of nitrogens with one attached hydrogen (secondary N) is 1. The maximum Gasteiger partial charge on any atom is 0.257 e. The number of amides is 1. The van der Waals surface area contributed by atoms with Gasteiger partial charge in [-0.25, -0.2) is 4.98 Å². The van der Waals surface area contributed by atoms with Crippen LogP contribution < -0.4 is 5.32 Å². The van der Waals surface area contributed by atoms with E-state index in [-0.39, 0.29) is 0 Å². The SMILES string of the molecule is Cn1ccnc1Sc1ccc(NC(=O)C(O)c2ccccc2)cc1. The smallest absolute Gasteiger partial charge is 0.257 e. The summed E-state index contributed by atoms with van der Waals surface area (Å²) in [4.78, 5) is 17.4. The van der Waals surface area contributed by atoms with Crippen LogP contribution in [0.1, 0.15) is 11.7 Å². The van der Waals surface area contributed by atoms with Gasteiger partial charge in [-0.2, -0.15) is 0 Å². The summed E-state index contributed by atoms with van der Waals surface area (Å²) in [5, 5.41) is 13.7. The maximum atomic E-state index is 12.1. The average Bonchev–Trinajstić information content (AvgIpc) is 3.01. The molecule has 0 aliphatic rings. The molecule has 3 rings (SSSR count). The van der Waals surface area contributed by atoms with Crippen LogP contribution in [-0.4, -0.2) is 20.6 Å². The van der Waals surface area contributed by atoms with E-state index in [2.05, 4.69) is 10.3 Å². The van der Waals surface area contributed by atoms with Gasteiger partial charge in [0, 0.05) is 30.0 Å². The van der Waals surface area contributed by atoms with Gasteiger partial charge < -0.3 is 15.0 Å². The highest BCUT2D eigenvalue weighted by Crippen LogP contribution is 2.27. The molecule has 1 atom stereocenters. The molecule has 0 bridgehead atoms. The van der Waals surface area contributed by atoms with Crippen molar-refractivity contribution in [1.82, 2.24) is 9.55 Å². The Morgan fingerprint density at radius 2 is 1.88 bits per heavy atom. The summed E-state index contributed by atoms with van der Waals surface area (Å²) in [6.07, 6.45) is 2.46. The molecule has 0 fully saturated rings. The number of carbonyl (C=O) groups excluding carboxylic acids is 1. The molecule has 5 nitrogen and oxygen atoms in total. The number of aliphatic hydroxyl groups excluding tert-OH is 1. The zero-order valence-corrected chi connectivity index (χ0v) is 13.9. The summed E-state index contributed by atoms with van der Waals surface area (Å²) in [7, 11) is 1.94. The van der Waals surface area contributed by atoms with Gasteiger partial charge in [-0.3, -0.25) is 4.79 Å². The van der Waals surface area contributed by atoms with Crippen molar-refractivity contribution in [3.05, 3.63) is 72.6 Å². The number of benzene rings is 2. The van der Waals surface area contributed by atoms with Crippen molar-refractivity contribution in [1.29, 1.82) is 0 Å². The number of imidazole rings is 1. The second kappa shape index (κ2) is 7.33. The molecule has 0 spiro atoms. The molecule has 1 heterocycles. The van der Waals surface area contributed by atoms with Crippen LogP contribution in [0.3, 0.4) is 0 Å². The first-order valence-corrected chi connectivity index (χ1v) is 8.24. The molecule has 0 saturated carbocycles. The normalized spacial score (nSPS) is 11.9. The van der Waals surface area contributed by atoms with Gasteiger partial charge in [-0.1, -0.05) is 42.1 Å². The van der Waals surface area contributed by atoms with Crippen LogP contribution >= 0.6 is 11.8 Å². The molecule has 2 N–H and O–H groups in total. The zero-order valence-electron chi connectivity index (χ0n) is 13.1. The molecule has 0 aliphatic heterocycles. The van der Waals surface area contributed by atoms with Gasteiger partial charge in [0.1, 0.15) is 0 Å². The Morgan fingerprint density at radius 3 is 2.50 bits per heavy atom. The Hall–Kier alpha value is -2.57. The maximum absolute atomic E-state index is 12.1. The van der Waals surface area contributed by atoms with E-state index >= 15 is 0 Å². The fourth-order valence-corrected chi connectivity index (χ4v) is 2.96. The molecule has 2 aromatic carbocycles. The minimum atomic E-state index is -1.19. The Balaban J connectivity index is 1.63. The van der Waals surface area contributed by atoms with Gasteiger partial charge >= 0.3 is 0 Å². The number of hydrogen-bond acceptors (Lipinski definition) is 4. The number of aliphatic hydroxyl groups is 1. The Morgan fingerprint density at radius 1 is 1.17 bits per heavy atom. The van der Waals surface area contributed by atoms with Crippen LogP contribution in [0.4, 0.5) is 5.69 Å². The summed E-state index contributed by atoms with van der Waals surface area (Å²) in [5.74, 6) is -0.453. The number of nitrogens with zero attached hydrogens (tertiary/aromatic N) is 2. The molecule has 122 valence electrons. The molecule has 0 radical (unpaired) electrons. The first kappa shape index (κ1) is 16.3. The van der Waals surface area contributed by atoms with Crippen molar-refractivity contribution in [3.8, 4) is 0 Å². The number of carbonyl (C=O) groups is 1. The summed E-state index contributed by atoms with van der Waals surface area (Å²) in [6.45, 7) is 0. The number of aryl methyl sites for hydroxylation is 1. The fraction of sp³-hybridized carbons (Fsp3) is 0.111. The molecular weight excluding hydrogens is 322 g/mol. The quantitative estimate of drug-likeness (QED) is 0.749. The van der Waals surface area contributed by atoms with E-state index in [1.54, 1.807) is 54.4 Å². The Bertz CT molecular complexity index is 816. The lowest BCUT2D eigenvalue weighted by Gasteiger charge is -2.12. The molecule has 1 unspecified atom stereocenters. The molecular formula is C18H17N3O2S. The predicted octanol–water partition coefficient (Wildman–Crippen LogP) is 3.24. The molecule has 24 heavy (non-hydrogen) atoms. The van der Waals surface area contributed by atoms with Crippen molar-refractivity contribution in [2.24, 2.45) is 7.05 Å². The molecule has 3 aromatic rings. The van der Waals surface area contributed by atoms with E-state index in [1.807, 2.05) is 36.0 Å². The highest BCUT2D eigenvalue weighted by molar-refractivity contribution is 7.99. The van der Waals surface area contributed by atoms with Crippen molar-refractivity contribution >= 4 is 23.4 Å². The fourth-order valence-electron chi connectivity index (χ4n) is 2.16. The number of anilines is 1. The summed E-state index contributed by atoms with van der Waals surface area (Å²) in [6, 6.07) is 16.3. The molecule has 1 amide bonds. The van der Waals surface area contributed by atoms with E-state index in [0.29, 0.717) is 11.3 Å². The molecule has 0 aliphatic carbocycles. The first-order valence-electron chi connectivity index (χ1n) is 7.42. The summed E-state index contributed by atoms with van der Waals surface area (Å²) in [5.41, 5.74) is 1.20. The van der Waals surface area contributed by atoms with Crippen molar-refractivity contribution < 1.29 is 9.90 Å². The van der Waals surface area contributed by atoms with Crippen LogP contribution in [0.5, 0.6) is 0 Å². The highest BCUT2D eigenvalue weighted by atomic mass is 32.2. The first-order chi connectivity index (χ1) is 11.6. The van der Waals surface area contributed by atoms with Crippen molar-refractivity contribution in [3.63, 3.8) is 0 Å². The molecule has 1 aromatic heterocycles. The van der Waals surface area contributed by atoms with Crippen LogP contribution in [0.15, 0.2) is 77.0 Å². The van der Waals surface area contributed by atoms with E-state index in [4.69, 9.17) is 0 Å².